The zero-order chi connectivity index (χ0) is 13.5. The summed E-state index contributed by atoms with van der Waals surface area (Å²) >= 11 is 2.30. The van der Waals surface area contributed by atoms with E-state index in [0.717, 1.165) is 18.5 Å². The van der Waals surface area contributed by atoms with Crippen LogP contribution < -0.4 is 5.32 Å². The lowest BCUT2D eigenvalue weighted by molar-refractivity contribution is -0.144. The minimum absolute atomic E-state index is 0.169. The molecule has 3 nitrogen and oxygen atoms in total. The number of halogens is 1. The molecule has 0 aliphatic rings. The van der Waals surface area contributed by atoms with Crippen LogP contribution in [0.1, 0.15) is 32.3 Å². The number of nitrogens with one attached hydrogen (secondary N) is 1. The molecule has 18 heavy (non-hydrogen) atoms. The van der Waals surface area contributed by atoms with Crippen molar-refractivity contribution >= 4 is 34.2 Å². The maximum Gasteiger partial charge on any atom is 0.328 e. The highest BCUT2D eigenvalue weighted by Gasteiger charge is 2.19. The summed E-state index contributed by atoms with van der Waals surface area (Å²) in [7, 11) is 0. The van der Waals surface area contributed by atoms with Crippen LogP contribution >= 0.6 is 22.6 Å². The van der Waals surface area contributed by atoms with E-state index in [1.54, 1.807) is 0 Å². The number of benzene rings is 1. The van der Waals surface area contributed by atoms with E-state index in [0.29, 0.717) is 6.61 Å². The largest absolute Gasteiger partial charge is 0.464 e. The molecule has 0 saturated carbocycles. The fraction of sp³-hybridized carbons (Fsp3) is 0.500. The molecular weight excluding hydrogens is 341 g/mol. The molecule has 0 aromatic heterocycles. The van der Waals surface area contributed by atoms with Crippen molar-refractivity contribution in [1.82, 2.24) is 0 Å². The lowest BCUT2D eigenvalue weighted by Crippen LogP contribution is -2.31. The van der Waals surface area contributed by atoms with Crippen molar-refractivity contribution in [2.75, 3.05) is 11.9 Å². The van der Waals surface area contributed by atoms with Gasteiger partial charge < -0.3 is 10.1 Å². The Morgan fingerprint density at radius 1 is 1.44 bits per heavy atom. The molecule has 100 valence electrons. The van der Waals surface area contributed by atoms with Gasteiger partial charge in [-0.15, -0.1) is 0 Å². The van der Waals surface area contributed by atoms with Crippen molar-refractivity contribution in [1.29, 1.82) is 0 Å². The molecule has 0 heterocycles. The monoisotopic (exact) mass is 361 g/mol. The number of hydrogen-bond donors (Lipinski definition) is 1. The molecule has 0 saturated heterocycles. The van der Waals surface area contributed by atoms with Crippen molar-refractivity contribution in [2.24, 2.45) is 0 Å². The van der Waals surface area contributed by atoms with Gasteiger partial charge in [0.05, 0.1) is 6.61 Å². The zero-order valence-electron chi connectivity index (χ0n) is 11.1. The summed E-state index contributed by atoms with van der Waals surface area (Å²) in [6, 6.07) is 5.79. The highest BCUT2D eigenvalue weighted by molar-refractivity contribution is 14.1. The first kappa shape index (κ1) is 15.3. The Hall–Kier alpha value is -0.780. The minimum Gasteiger partial charge on any atom is -0.464 e. The average molecular weight is 361 g/mol. The standard InChI is InChI=1S/C14H20INO2/c1-4-7-13(14(17)18-5-2)16-12-9-6-8-11(15)10(12)3/h6,8-9,13,16H,4-5,7H2,1-3H3. The Bertz CT molecular complexity index is 407. The number of carbonyl (C=O) groups excluding carboxylic acids is 1. The summed E-state index contributed by atoms with van der Waals surface area (Å²) in [6.07, 6.45) is 1.73. The lowest BCUT2D eigenvalue weighted by Gasteiger charge is -2.19. The van der Waals surface area contributed by atoms with Gasteiger partial charge in [-0.05, 0) is 60.6 Å². The van der Waals surface area contributed by atoms with Crippen LogP contribution in [0.25, 0.3) is 0 Å². The van der Waals surface area contributed by atoms with Crippen LogP contribution in [0.4, 0.5) is 5.69 Å². The maximum absolute atomic E-state index is 11.8. The van der Waals surface area contributed by atoms with E-state index in [-0.39, 0.29) is 12.0 Å². The van der Waals surface area contributed by atoms with E-state index in [4.69, 9.17) is 4.74 Å². The molecule has 1 aromatic rings. The minimum atomic E-state index is -0.258. The van der Waals surface area contributed by atoms with Gasteiger partial charge in [-0.25, -0.2) is 4.79 Å². The van der Waals surface area contributed by atoms with Gasteiger partial charge in [0.1, 0.15) is 6.04 Å². The van der Waals surface area contributed by atoms with Gasteiger partial charge >= 0.3 is 5.97 Å². The summed E-state index contributed by atoms with van der Waals surface area (Å²) in [4.78, 5) is 11.8. The normalized spacial score (nSPS) is 12.0. The van der Waals surface area contributed by atoms with Gasteiger partial charge in [0.2, 0.25) is 0 Å². The molecule has 1 aromatic carbocycles. The number of hydrogen-bond acceptors (Lipinski definition) is 3. The van der Waals surface area contributed by atoms with Gasteiger partial charge in [0, 0.05) is 9.26 Å². The summed E-state index contributed by atoms with van der Waals surface area (Å²) in [5, 5.41) is 3.29. The van der Waals surface area contributed by atoms with Crippen LogP contribution in [0.5, 0.6) is 0 Å². The Kier molecular flexibility index (Phi) is 6.46. The number of esters is 1. The third-order valence-electron chi connectivity index (χ3n) is 2.75. The van der Waals surface area contributed by atoms with Crippen molar-refractivity contribution < 1.29 is 9.53 Å². The third kappa shape index (κ3) is 4.15. The quantitative estimate of drug-likeness (QED) is 0.620. The van der Waals surface area contributed by atoms with Gasteiger partial charge in [0.15, 0.2) is 0 Å². The molecular formula is C14H20INO2. The summed E-state index contributed by atoms with van der Waals surface area (Å²) in [5.41, 5.74) is 2.18. The highest BCUT2D eigenvalue weighted by atomic mass is 127. The van der Waals surface area contributed by atoms with E-state index in [1.165, 1.54) is 9.13 Å². The van der Waals surface area contributed by atoms with Crippen LogP contribution in [-0.2, 0) is 9.53 Å². The first-order chi connectivity index (χ1) is 8.60. The zero-order valence-corrected chi connectivity index (χ0v) is 13.3. The van der Waals surface area contributed by atoms with Crippen LogP contribution in [0.3, 0.4) is 0 Å². The van der Waals surface area contributed by atoms with Gasteiger partial charge in [-0.3, -0.25) is 0 Å². The molecule has 1 atom stereocenters. The van der Waals surface area contributed by atoms with Crippen molar-refractivity contribution in [3.8, 4) is 0 Å². The molecule has 4 heteroatoms. The Labute approximate surface area is 122 Å². The summed E-state index contributed by atoms with van der Waals surface area (Å²) in [5.74, 6) is -0.169. The fourth-order valence-electron chi connectivity index (χ4n) is 1.73. The molecule has 0 bridgehead atoms. The Balaban J connectivity index is 2.82. The van der Waals surface area contributed by atoms with Crippen molar-refractivity contribution in [3.05, 3.63) is 27.3 Å². The van der Waals surface area contributed by atoms with Crippen LogP contribution in [0.15, 0.2) is 18.2 Å². The second-order valence-electron chi connectivity index (χ2n) is 4.15. The van der Waals surface area contributed by atoms with E-state index >= 15 is 0 Å². The SMILES string of the molecule is CCCC(Nc1cccc(I)c1C)C(=O)OCC. The third-order valence-corrected chi connectivity index (χ3v) is 3.91. The van der Waals surface area contributed by atoms with Crippen molar-refractivity contribution in [2.45, 2.75) is 39.7 Å². The second-order valence-corrected chi connectivity index (χ2v) is 5.31. The number of carbonyl (C=O) groups is 1. The first-order valence-corrected chi connectivity index (χ1v) is 7.36. The lowest BCUT2D eigenvalue weighted by atomic mass is 10.1. The fourth-order valence-corrected chi connectivity index (χ4v) is 2.23. The number of rotatable bonds is 6. The van der Waals surface area contributed by atoms with E-state index < -0.39 is 0 Å². The van der Waals surface area contributed by atoms with Gasteiger partial charge in [-0.1, -0.05) is 19.4 Å². The van der Waals surface area contributed by atoms with Gasteiger partial charge in [0.25, 0.3) is 0 Å². The van der Waals surface area contributed by atoms with Crippen molar-refractivity contribution in [3.63, 3.8) is 0 Å². The van der Waals surface area contributed by atoms with Crippen LogP contribution in [0.2, 0.25) is 0 Å². The molecule has 0 fully saturated rings. The molecule has 0 aliphatic heterocycles. The molecule has 1 rings (SSSR count). The molecule has 1 N–H and O–H groups in total. The maximum atomic E-state index is 11.8. The molecule has 0 amide bonds. The first-order valence-electron chi connectivity index (χ1n) is 6.28. The Morgan fingerprint density at radius 3 is 2.78 bits per heavy atom. The van der Waals surface area contributed by atoms with E-state index in [2.05, 4.69) is 47.8 Å². The summed E-state index contributed by atoms with van der Waals surface area (Å²) < 4.78 is 6.29. The smallest absolute Gasteiger partial charge is 0.328 e. The molecule has 0 aliphatic carbocycles. The molecule has 0 spiro atoms. The predicted octanol–water partition coefficient (Wildman–Crippen LogP) is 3.74. The topological polar surface area (TPSA) is 38.3 Å². The molecule has 0 radical (unpaired) electrons. The van der Waals surface area contributed by atoms with Crippen LogP contribution in [0, 0.1) is 10.5 Å². The highest BCUT2D eigenvalue weighted by Crippen LogP contribution is 2.22. The number of anilines is 1. The average Bonchev–Trinajstić information content (AvgIpc) is 2.34. The predicted molar refractivity (Wildman–Crippen MR) is 82.8 cm³/mol. The second kappa shape index (κ2) is 7.61. The van der Waals surface area contributed by atoms with E-state index in [1.807, 2.05) is 19.1 Å². The molecule has 1 unspecified atom stereocenters. The summed E-state index contributed by atoms with van der Waals surface area (Å²) in [6.45, 7) is 6.37. The Morgan fingerprint density at radius 2 is 2.17 bits per heavy atom. The van der Waals surface area contributed by atoms with Gasteiger partial charge in [-0.2, -0.15) is 0 Å². The number of ether oxygens (including phenoxy) is 1. The van der Waals surface area contributed by atoms with E-state index in [9.17, 15) is 4.79 Å². The van der Waals surface area contributed by atoms with Crippen LogP contribution in [-0.4, -0.2) is 18.6 Å².